The summed E-state index contributed by atoms with van der Waals surface area (Å²) < 4.78 is 0.841. The molecule has 2 rings (SSSR count). The van der Waals surface area contributed by atoms with E-state index in [0.717, 1.165) is 34.3 Å². The fraction of sp³-hybridized carbons (Fsp3) is 0.333. The van der Waals surface area contributed by atoms with Crippen molar-refractivity contribution in [2.45, 2.75) is 32.7 Å². The molecular formula is C15H17BrClN3. The summed E-state index contributed by atoms with van der Waals surface area (Å²) in [6.07, 6.45) is 1.70. The minimum atomic E-state index is 0.133. The van der Waals surface area contributed by atoms with Gasteiger partial charge in [-0.05, 0) is 53.5 Å². The van der Waals surface area contributed by atoms with Gasteiger partial charge in [-0.3, -0.25) is 0 Å². The summed E-state index contributed by atoms with van der Waals surface area (Å²) in [5.41, 5.74) is 8.87. The van der Waals surface area contributed by atoms with Crippen LogP contribution in [0.3, 0.4) is 0 Å². The Balaban J connectivity index is 2.38. The molecule has 1 atom stereocenters. The van der Waals surface area contributed by atoms with E-state index in [4.69, 9.17) is 17.3 Å². The van der Waals surface area contributed by atoms with E-state index >= 15 is 0 Å². The van der Waals surface area contributed by atoms with E-state index < -0.39 is 0 Å². The molecule has 0 fully saturated rings. The number of rotatable bonds is 4. The van der Waals surface area contributed by atoms with Gasteiger partial charge in [0, 0.05) is 33.9 Å². The molecule has 1 aromatic carbocycles. The molecule has 0 amide bonds. The maximum atomic E-state index is 6.01. The van der Waals surface area contributed by atoms with Crippen LogP contribution in [0, 0.1) is 6.92 Å². The Bertz CT molecular complexity index is 616. The van der Waals surface area contributed by atoms with Gasteiger partial charge in [0.25, 0.3) is 0 Å². The van der Waals surface area contributed by atoms with E-state index in [2.05, 4.69) is 32.8 Å². The van der Waals surface area contributed by atoms with Crippen molar-refractivity contribution in [2.75, 3.05) is 0 Å². The van der Waals surface area contributed by atoms with Crippen LogP contribution in [0.1, 0.15) is 24.7 Å². The van der Waals surface area contributed by atoms with Crippen LogP contribution in [0.4, 0.5) is 0 Å². The first-order chi connectivity index (χ1) is 9.49. The van der Waals surface area contributed by atoms with Gasteiger partial charge in [0.1, 0.15) is 0 Å². The molecule has 1 unspecified atom stereocenters. The van der Waals surface area contributed by atoms with Crippen molar-refractivity contribution in [3.8, 4) is 11.4 Å². The second kappa shape index (κ2) is 6.66. The van der Waals surface area contributed by atoms with Gasteiger partial charge in [0.15, 0.2) is 5.82 Å². The molecule has 1 aromatic heterocycles. The van der Waals surface area contributed by atoms with Gasteiger partial charge in [-0.1, -0.05) is 18.5 Å². The van der Waals surface area contributed by atoms with Crippen molar-refractivity contribution >= 4 is 27.5 Å². The lowest BCUT2D eigenvalue weighted by molar-refractivity contribution is 0.635. The lowest BCUT2D eigenvalue weighted by atomic mass is 10.1. The molecule has 5 heteroatoms. The molecule has 106 valence electrons. The van der Waals surface area contributed by atoms with Gasteiger partial charge in [-0.25, -0.2) is 9.97 Å². The second-order valence-corrected chi connectivity index (χ2v) is 6.09. The lowest BCUT2D eigenvalue weighted by Crippen LogP contribution is -2.22. The van der Waals surface area contributed by atoms with Gasteiger partial charge >= 0.3 is 0 Å². The van der Waals surface area contributed by atoms with E-state index in [1.54, 1.807) is 0 Å². The molecule has 0 aliphatic heterocycles. The standard InChI is InChI=1S/C15H17BrClN3/c1-3-11(18)8-12-6-9(2)19-15(20-12)10-4-5-14(17)13(16)7-10/h4-7,11H,3,8,18H2,1-2H3. The van der Waals surface area contributed by atoms with E-state index in [1.807, 2.05) is 31.2 Å². The van der Waals surface area contributed by atoms with Crippen LogP contribution in [0.2, 0.25) is 5.02 Å². The first-order valence-electron chi connectivity index (χ1n) is 6.55. The van der Waals surface area contributed by atoms with Gasteiger partial charge < -0.3 is 5.73 Å². The first-order valence-corrected chi connectivity index (χ1v) is 7.72. The summed E-state index contributed by atoms with van der Waals surface area (Å²) in [5, 5.41) is 0.676. The predicted molar refractivity (Wildman–Crippen MR) is 86.9 cm³/mol. The SMILES string of the molecule is CCC(N)Cc1cc(C)nc(-c2ccc(Cl)c(Br)c2)n1. The van der Waals surface area contributed by atoms with Crippen molar-refractivity contribution in [2.24, 2.45) is 5.73 Å². The summed E-state index contributed by atoms with van der Waals surface area (Å²) in [5.74, 6) is 0.709. The van der Waals surface area contributed by atoms with Crippen LogP contribution in [0.15, 0.2) is 28.7 Å². The number of hydrogen-bond donors (Lipinski definition) is 1. The molecule has 0 aliphatic carbocycles. The minimum Gasteiger partial charge on any atom is -0.327 e. The van der Waals surface area contributed by atoms with Crippen LogP contribution in [0.25, 0.3) is 11.4 Å². The highest BCUT2D eigenvalue weighted by molar-refractivity contribution is 9.10. The van der Waals surface area contributed by atoms with Crippen LogP contribution >= 0.6 is 27.5 Å². The number of aryl methyl sites for hydroxylation is 1. The quantitative estimate of drug-likeness (QED) is 0.897. The molecule has 3 nitrogen and oxygen atoms in total. The van der Waals surface area contributed by atoms with E-state index in [0.29, 0.717) is 10.8 Å². The maximum absolute atomic E-state index is 6.01. The summed E-state index contributed by atoms with van der Waals surface area (Å²) in [6.45, 7) is 4.05. The third-order valence-electron chi connectivity index (χ3n) is 3.08. The highest BCUT2D eigenvalue weighted by Gasteiger charge is 2.09. The Morgan fingerprint density at radius 3 is 2.70 bits per heavy atom. The normalized spacial score (nSPS) is 12.4. The van der Waals surface area contributed by atoms with Crippen LogP contribution in [-0.2, 0) is 6.42 Å². The number of nitrogens with zero attached hydrogens (tertiary/aromatic N) is 2. The molecule has 1 heterocycles. The zero-order chi connectivity index (χ0) is 14.7. The molecule has 0 aliphatic rings. The van der Waals surface area contributed by atoms with Crippen molar-refractivity contribution in [3.63, 3.8) is 0 Å². The number of nitrogens with two attached hydrogens (primary N) is 1. The zero-order valence-corrected chi connectivity index (χ0v) is 13.9. The highest BCUT2D eigenvalue weighted by Crippen LogP contribution is 2.27. The molecule has 2 aromatic rings. The third kappa shape index (κ3) is 3.78. The van der Waals surface area contributed by atoms with Crippen molar-refractivity contribution < 1.29 is 0 Å². The number of halogens is 2. The Kier molecular flexibility index (Phi) is 5.13. The molecular weight excluding hydrogens is 338 g/mol. The fourth-order valence-electron chi connectivity index (χ4n) is 1.92. The first kappa shape index (κ1) is 15.4. The fourth-order valence-corrected chi connectivity index (χ4v) is 2.41. The molecule has 2 N–H and O–H groups in total. The molecule has 20 heavy (non-hydrogen) atoms. The summed E-state index contributed by atoms with van der Waals surface area (Å²) in [7, 11) is 0. The smallest absolute Gasteiger partial charge is 0.159 e. The van der Waals surface area contributed by atoms with Gasteiger partial charge in [-0.2, -0.15) is 0 Å². The number of benzene rings is 1. The van der Waals surface area contributed by atoms with Gasteiger partial charge in [0.05, 0.1) is 5.02 Å². The molecule has 0 saturated heterocycles. The number of hydrogen-bond acceptors (Lipinski definition) is 3. The highest BCUT2D eigenvalue weighted by atomic mass is 79.9. The van der Waals surface area contributed by atoms with Crippen LogP contribution < -0.4 is 5.73 Å². The second-order valence-electron chi connectivity index (χ2n) is 4.83. The van der Waals surface area contributed by atoms with E-state index in [1.165, 1.54) is 0 Å². The Hall–Kier alpha value is -0.970. The minimum absolute atomic E-state index is 0.133. The Labute approximate surface area is 132 Å². The van der Waals surface area contributed by atoms with E-state index in [9.17, 15) is 0 Å². The van der Waals surface area contributed by atoms with Crippen LogP contribution in [0.5, 0.6) is 0 Å². The van der Waals surface area contributed by atoms with Gasteiger partial charge in [-0.15, -0.1) is 0 Å². The van der Waals surface area contributed by atoms with Crippen molar-refractivity contribution in [1.82, 2.24) is 9.97 Å². The Morgan fingerprint density at radius 2 is 2.05 bits per heavy atom. The molecule has 0 spiro atoms. The van der Waals surface area contributed by atoms with Crippen molar-refractivity contribution in [1.29, 1.82) is 0 Å². The Morgan fingerprint density at radius 1 is 1.30 bits per heavy atom. The van der Waals surface area contributed by atoms with Crippen molar-refractivity contribution in [3.05, 3.63) is 45.1 Å². The van der Waals surface area contributed by atoms with Crippen LogP contribution in [-0.4, -0.2) is 16.0 Å². The number of aromatic nitrogens is 2. The lowest BCUT2D eigenvalue weighted by Gasteiger charge is -2.10. The van der Waals surface area contributed by atoms with Gasteiger partial charge in [0.2, 0.25) is 0 Å². The third-order valence-corrected chi connectivity index (χ3v) is 4.29. The molecule has 0 radical (unpaired) electrons. The monoisotopic (exact) mass is 353 g/mol. The molecule has 0 saturated carbocycles. The largest absolute Gasteiger partial charge is 0.327 e. The summed E-state index contributed by atoms with van der Waals surface area (Å²) >= 11 is 9.44. The zero-order valence-electron chi connectivity index (χ0n) is 11.5. The summed E-state index contributed by atoms with van der Waals surface area (Å²) in [4.78, 5) is 9.10. The average Bonchev–Trinajstić information content (AvgIpc) is 2.41. The molecule has 0 bridgehead atoms. The summed E-state index contributed by atoms with van der Waals surface area (Å²) in [6, 6.07) is 7.81. The maximum Gasteiger partial charge on any atom is 0.159 e. The van der Waals surface area contributed by atoms with E-state index in [-0.39, 0.29) is 6.04 Å². The topological polar surface area (TPSA) is 51.8 Å². The predicted octanol–water partition coefficient (Wildman–Crippen LogP) is 4.15. The average molecular weight is 355 g/mol.